The second kappa shape index (κ2) is 5.92. The van der Waals surface area contributed by atoms with E-state index in [-0.39, 0.29) is 19.1 Å². The van der Waals surface area contributed by atoms with Crippen molar-refractivity contribution in [2.24, 2.45) is 0 Å². The molecule has 6 nitrogen and oxygen atoms in total. The van der Waals surface area contributed by atoms with Crippen LogP contribution < -0.4 is 0 Å². The van der Waals surface area contributed by atoms with E-state index in [4.69, 9.17) is 9.84 Å². The van der Waals surface area contributed by atoms with Crippen molar-refractivity contribution in [3.05, 3.63) is 28.6 Å². The van der Waals surface area contributed by atoms with Crippen molar-refractivity contribution < 1.29 is 19.4 Å². The van der Waals surface area contributed by atoms with Gasteiger partial charge in [-0.1, -0.05) is 6.07 Å². The first-order chi connectivity index (χ1) is 10.1. The third kappa shape index (κ3) is 2.97. The van der Waals surface area contributed by atoms with Gasteiger partial charge < -0.3 is 14.7 Å². The lowest BCUT2D eigenvalue weighted by Gasteiger charge is -2.30. The van der Waals surface area contributed by atoms with Gasteiger partial charge in [0, 0.05) is 6.54 Å². The summed E-state index contributed by atoms with van der Waals surface area (Å²) in [5.41, 5.74) is 0. The van der Waals surface area contributed by atoms with Crippen molar-refractivity contribution >= 4 is 34.6 Å². The number of ether oxygens (including phenoxy) is 1. The standard InChI is InChI=1S/C13H12N2O4S2/c16-12(15-3-4-19-8(7-15)13(17)18)10-6-14-11(21-10)9-2-1-5-20-9/h1-2,5-6,8H,3-4,7H2,(H,17,18)/t8-/m1/s1. The molecule has 0 aliphatic carbocycles. The van der Waals surface area contributed by atoms with Gasteiger partial charge in [-0.2, -0.15) is 0 Å². The average molecular weight is 324 g/mol. The number of nitrogens with zero attached hydrogens (tertiary/aromatic N) is 2. The SMILES string of the molecule is O=C(O)[C@H]1CN(C(=O)c2cnc(-c3cccs3)s2)CCO1. The highest BCUT2D eigenvalue weighted by Crippen LogP contribution is 2.29. The van der Waals surface area contributed by atoms with Crippen LogP contribution in [0.3, 0.4) is 0 Å². The molecule has 1 fully saturated rings. The topological polar surface area (TPSA) is 79.7 Å². The summed E-state index contributed by atoms with van der Waals surface area (Å²) in [5.74, 6) is -1.24. The van der Waals surface area contributed by atoms with Gasteiger partial charge in [0.25, 0.3) is 5.91 Å². The first-order valence-corrected chi connectivity index (χ1v) is 7.98. The molecule has 1 N–H and O–H groups in total. The van der Waals surface area contributed by atoms with Gasteiger partial charge in [-0.25, -0.2) is 9.78 Å². The van der Waals surface area contributed by atoms with Crippen LogP contribution in [0.1, 0.15) is 9.67 Å². The summed E-state index contributed by atoms with van der Waals surface area (Å²) in [4.78, 5) is 30.7. The van der Waals surface area contributed by atoms with Gasteiger partial charge in [0.2, 0.25) is 0 Å². The number of carbonyl (C=O) groups is 2. The minimum absolute atomic E-state index is 0.0698. The second-order valence-electron chi connectivity index (χ2n) is 4.46. The van der Waals surface area contributed by atoms with E-state index >= 15 is 0 Å². The Labute approximate surface area is 128 Å². The number of carboxylic acid groups (broad SMARTS) is 1. The number of rotatable bonds is 3. The largest absolute Gasteiger partial charge is 0.479 e. The number of aliphatic carboxylic acids is 1. The van der Waals surface area contributed by atoms with Crippen LogP contribution in [-0.4, -0.2) is 52.7 Å². The normalized spacial score (nSPS) is 18.7. The van der Waals surface area contributed by atoms with Crippen LogP contribution in [0.25, 0.3) is 9.88 Å². The number of hydrogen-bond acceptors (Lipinski definition) is 6. The van der Waals surface area contributed by atoms with Gasteiger partial charge in [0.1, 0.15) is 9.88 Å². The van der Waals surface area contributed by atoms with Gasteiger partial charge in [0.05, 0.1) is 24.2 Å². The summed E-state index contributed by atoms with van der Waals surface area (Å²) in [6.07, 6.45) is 0.597. The zero-order valence-corrected chi connectivity index (χ0v) is 12.5. The maximum Gasteiger partial charge on any atom is 0.334 e. The number of amides is 1. The van der Waals surface area contributed by atoms with E-state index in [0.29, 0.717) is 11.4 Å². The van der Waals surface area contributed by atoms with Crippen LogP contribution in [-0.2, 0) is 9.53 Å². The summed E-state index contributed by atoms with van der Waals surface area (Å²) in [5, 5.41) is 11.7. The molecular formula is C13H12N2O4S2. The summed E-state index contributed by atoms with van der Waals surface area (Å²) in [6.45, 7) is 0.703. The zero-order chi connectivity index (χ0) is 14.8. The van der Waals surface area contributed by atoms with E-state index in [0.717, 1.165) is 9.88 Å². The first kappa shape index (κ1) is 14.2. The lowest BCUT2D eigenvalue weighted by molar-refractivity contribution is -0.154. The minimum Gasteiger partial charge on any atom is -0.479 e. The fourth-order valence-electron chi connectivity index (χ4n) is 2.03. The molecule has 1 aliphatic heterocycles. The van der Waals surface area contributed by atoms with E-state index in [1.165, 1.54) is 16.2 Å². The fraction of sp³-hybridized carbons (Fsp3) is 0.308. The molecular weight excluding hydrogens is 312 g/mol. The van der Waals surface area contributed by atoms with Crippen molar-refractivity contribution in [3.8, 4) is 9.88 Å². The first-order valence-electron chi connectivity index (χ1n) is 6.28. The number of hydrogen-bond donors (Lipinski definition) is 1. The van der Waals surface area contributed by atoms with Crippen molar-refractivity contribution in [1.29, 1.82) is 0 Å². The average Bonchev–Trinajstić information content (AvgIpc) is 3.17. The van der Waals surface area contributed by atoms with Crippen LogP contribution in [0.15, 0.2) is 23.7 Å². The Morgan fingerprint density at radius 2 is 2.33 bits per heavy atom. The van der Waals surface area contributed by atoms with E-state index in [1.807, 2.05) is 17.5 Å². The van der Waals surface area contributed by atoms with Crippen molar-refractivity contribution in [1.82, 2.24) is 9.88 Å². The van der Waals surface area contributed by atoms with E-state index in [1.54, 1.807) is 17.5 Å². The Hall–Kier alpha value is -1.77. The monoisotopic (exact) mass is 324 g/mol. The molecule has 1 amide bonds. The molecule has 2 aromatic rings. The van der Waals surface area contributed by atoms with Gasteiger partial charge in [-0.15, -0.1) is 22.7 Å². The molecule has 3 heterocycles. The van der Waals surface area contributed by atoms with E-state index in [2.05, 4.69) is 4.98 Å². The number of morpholine rings is 1. The summed E-state index contributed by atoms with van der Waals surface area (Å²) in [6, 6.07) is 3.88. The van der Waals surface area contributed by atoms with Gasteiger partial charge in [0.15, 0.2) is 6.10 Å². The van der Waals surface area contributed by atoms with Crippen molar-refractivity contribution in [2.75, 3.05) is 19.7 Å². The van der Waals surface area contributed by atoms with Crippen LogP contribution in [0, 0.1) is 0 Å². The maximum absolute atomic E-state index is 12.4. The van der Waals surface area contributed by atoms with E-state index in [9.17, 15) is 9.59 Å². The number of thiophene rings is 1. The lowest BCUT2D eigenvalue weighted by Crippen LogP contribution is -2.48. The van der Waals surface area contributed by atoms with Crippen LogP contribution in [0.5, 0.6) is 0 Å². The third-order valence-corrected chi connectivity index (χ3v) is 5.10. The van der Waals surface area contributed by atoms with Crippen LogP contribution in [0.4, 0.5) is 0 Å². The molecule has 0 saturated carbocycles. The number of aromatic nitrogens is 1. The molecule has 0 unspecified atom stereocenters. The predicted octanol–water partition coefficient (Wildman–Crippen LogP) is 1.80. The van der Waals surface area contributed by atoms with Gasteiger partial charge in [-0.05, 0) is 11.4 Å². The predicted molar refractivity (Wildman–Crippen MR) is 78.7 cm³/mol. The molecule has 3 rings (SSSR count). The highest BCUT2D eigenvalue weighted by atomic mass is 32.1. The number of carboxylic acids is 1. The molecule has 1 aliphatic rings. The quantitative estimate of drug-likeness (QED) is 0.931. The van der Waals surface area contributed by atoms with Crippen LogP contribution in [0.2, 0.25) is 0 Å². The highest BCUT2D eigenvalue weighted by Gasteiger charge is 2.30. The smallest absolute Gasteiger partial charge is 0.334 e. The molecule has 1 saturated heterocycles. The Morgan fingerprint density at radius 3 is 3.05 bits per heavy atom. The molecule has 110 valence electrons. The molecule has 21 heavy (non-hydrogen) atoms. The Kier molecular flexibility index (Phi) is 4.00. The second-order valence-corrected chi connectivity index (χ2v) is 6.43. The van der Waals surface area contributed by atoms with E-state index < -0.39 is 12.1 Å². The molecule has 0 bridgehead atoms. The minimum atomic E-state index is -1.05. The molecule has 0 spiro atoms. The molecule has 1 atom stereocenters. The summed E-state index contributed by atoms with van der Waals surface area (Å²) in [7, 11) is 0. The highest BCUT2D eigenvalue weighted by molar-refractivity contribution is 7.21. The zero-order valence-electron chi connectivity index (χ0n) is 10.9. The summed E-state index contributed by atoms with van der Waals surface area (Å²) < 4.78 is 5.12. The Morgan fingerprint density at radius 1 is 1.48 bits per heavy atom. The maximum atomic E-state index is 12.4. The third-order valence-electron chi connectivity index (χ3n) is 3.08. The Balaban J connectivity index is 1.74. The van der Waals surface area contributed by atoms with Gasteiger partial charge in [-0.3, -0.25) is 4.79 Å². The number of carbonyl (C=O) groups excluding carboxylic acids is 1. The molecule has 0 aromatic carbocycles. The van der Waals surface area contributed by atoms with Crippen molar-refractivity contribution in [3.63, 3.8) is 0 Å². The summed E-state index contributed by atoms with van der Waals surface area (Å²) >= 11 is 2.89. The lowest BCUT2D eigenvalue weighted by atomic mass is 10.2. The van der Waals surface area contributed by atoms with Crippen LogP contribution >= 0.6 is 22.7 Å². The molecule has 8 heteroatoms. The Bertz CT molecular complexity index is 653. The molecule has 2 aromatic heterocycles. The number of thiazole rings is 1. The van der Waals surface area contributed by atoms with Crippen molar-refractivity contribution in [2.45, 2.75) is 6.10 Å². The molecule has 0 radical (unpaired) electrons. The fourth-order valence-corrected chi connectivity index (χ4v) is 3.71. The van der Waals surface area contributed by atoms with Gasteiger partial charge >= 0.3 is 5.97 Å².